The second kappa shape index (κ2) is 4.38. The molecule has 0 bridgehead atoms. The molecular formula is C12H11BrN2. The molecule has 0 amide bonds. The number of rotatable bonds is 2. The highest BCUT2D eigenvalue weighted by Gasteiger charge is 2.13. The minimum absolute atomic E-state index is 0.395. The van der Waals surface area contributed by atoms with Crippen molar-refractivity contribution >= 4 is 21.6 Å². The average molecular weight is 263 g/mol. The summed E-state index contributed by atoms with van der Waals surface area (Å²) in [5, 5.41) is 11.9. The Hall–Kier alpha value is -1.45. The van der Waals surface area contributed by atoms with Crippen LogP contribution >= 0.6 is 15.9 Å². The van der Waals surface area contributed by atoms with E-state index in [1.165, 1.54) is 0 Å². The van der Waals surface area contributed by atoms with E-state index in [2.05, 4.69) is 33.2 Å². The highest BCUT2D eigenvalue weighted by molar-refractivity contribution is 9.10. The van der Waals surface area contributed by atoms with Crippen LogP contribution in [0.2, 0.25) is 0 Å². The Kier molecular flexibility index (Phi) is 3.39. The summed E-state index contributed by atoms with van der Waals surface area (Å²) < 4.78 is 0.767. The maximum atomic E-state index is 8.76. The molecule has 0 aliphatic carbocycles. The molecule has 0 aromatic heterocycles. The number of hydrogen-bond donors (Lipinski definition) is 1. The zero-order valence-electron chi connectivity index (χ0n) is 8.63. The van der Waals surface area contributed by atoms with E-state index >= 15 is 0 Å². The van der Waals surface area contributed by atoms with Gasteiger partial charge < -0.3 is 5.32 Å². The Morgan fingerprint density at radius 2 is 2.13 bits per heavy atom. The predicted molar refractivity (Wildman–Crippen MR) is 65.4 cm³/mol. The summed E-state index contributed by atoms with van der Waals surface area (Å²) in [5.74, 6) is 2.65. The van der Waals surface area contributed by atoms with Crippen molar-refractivity contribution in [2.24, 2.45) is 0 Å². The molecule has 0 aliphatic heterocycles. The topological polar surface area (TPSA) is 35.8 Å². The van der Waals surface area contributed by atoms with Gasteiger partial charge in [0.2, 0.25) is 0 Å². The smallest absolute Gasteiger partial charge is 0.100 e. The number of nitrogens with one attached hydrogen (secondary N) is 1. The third kappa shape index (κ3) is 3.01. The number of hydrogen-bond acceptors (Lipinski definition) is 2. The molecule has 1 rings (SSSR count). The van der Waals surface area contributed by atoms with E-state index in [9.17, 15) is 0 Å². The van der Waals surface area contributed by atoms with Gasteiger partial charge in [-0.05, 0) is 48.0 Å². The molecule has 2 nitrogen and oxygen atoms in total. The third-order valence-corrected chi connectivity index (χ3v) is 2.56. The molecule has 1 aromatic carbocycles. The van der Waals surface area contributed by atoms with Crippen LogP contribution in [-0.4, -0.2) is 5.54 Å². The first-order valence-electron chi connectivity index (χ1n) is 4.44. The largest absolute Gasteiger partial charge is 0.369 e. The van der Waals surface area contributed by atoms with Gasteiger partial charge in [-0.3, -0.25) is 0 Å². The molecule has 0 unspecified atom stereocenters. The summed E-state index contributed by atoms with van der Waals surface area (Å²) in [6, 6.07) is 7.51. The number of terminal acetylenes is 1. The zero-order valence-corrected chi connectivity index (χ0v) is 10.2. The van der Waals surface area contributed by atoms with E-state index in [4.69, 9.17) is 11.7 Å². The first kappa shape index (κ1) is 11.6. The quantitative estimate of drug-likeness (QED) is 0.832. The third-order valence-electron chi connectivity index (χ3n) is 1.91. The highest BCUT2D eigenvalue weighted by Crippen LogP contribution is 2.22. The Morgan fingerprint density at radius 3 is 2.60 bits per heavy atom. The lowest BCUT2D eigenvalue weighted by Gasteiger charge is -2.21. The Bertz CT molecular complexity index is 450. The molecule has 0 saturated carbocycles. The van der Waals surface area contributed by atoms with E-state index in [-0.39, 0.29) is 0 Å². The molecule has 15 heavy (non-hydrogen) atoms. The standard InChI is InChI=1S/C12H11BrN2/c1-4-12(2,3)15-10-6-5-9(8-14)11(13)7-10/h1,5-7,15H,2-3H3. The van der Waals surface area contributed by atoms with Crippen molar-refractivity contribution in [3.8, 4) is 18.4 Å². The first-order chi connectivity index (χ1) is 6.98. The number of anilines is 1. The van der Waals surface area contributed by atoms with E-state index in [0.29, 0.717) is 5.56 Å². The SMILES string of the molecule is C#CC(C)(C)Nc1ccc(C#N)c(Br)c1. The number of nitriles is 1. The Balaban J connectivity index is 2.97. The maximum Gasteiger partial charge on any atom is 0.100 e. The lowest BCUT2D eigenvalue weighted by atomic mass is 10.1. The van der Waals surface area contributed by atoms with Gasteiger partial charge >= 0.3 is 0 Å². The van der Waals surface area contributed by atoms with Crippen LogP contribution in [0, 0.1) is 23.7 Å². The van der Waals surface area contributed by atoms with E-state index in [0.717, 1.165) is 10.2 Å². The predicted octanol–water partition coefficient (Wildman–Crippen LogP) is 3.14. The fourth-order valence-electron chi connectivity index (χ4n) is 1.08. The molecular weight excluding hydrogens is 252 g/mol. The normalized spacial score (nSPS) is 10.2. The van der Waals surface area contributed by atoms with Crippen molar-refractivity contribution in [3.05, 3.63) is 28.2 Å². The van der Waals surface area contributed by atoms with Gasteiger partial charge in [0.25, 0.3) is 0 Å². The van der Waals surface area contributed by atoms with Crippen molar-refractivity contribution in [2.75, 3.05) is 5.32 Å². The van der Waals surface area contributed by atoms with E-state index in [1.54, 1.807) is 6.07 Å². The Morgan fingerprint density at radius 1 is 1.47 bits per heavy atom. The fraction of sp³-hybridized carbons (Fsp3) is 0.250. The van der Waals surface area contributed by atoms with Crippen LogP contribution in [-0.2, 0) is 0 Å². The molecule has 0 fully saturated rings. The highest BCUT2D eigenvalue weighted by atomic mass is 79.9. The number of halogens is 1. The van der Waals surface area contributed by atoms with Crippen molar-refractivity contribution in [1.29, 1.82) is 5.26 Å². The summed E-state index contributed by atoms with van der Waals surface area (Å²) in [7, 11) is 0. The number of nitrogens with zero attached hydrogens (tertiary/aromatic N) is 1. The first-order valence-corrected chi connectivity index (χ1v) is 5.23. The monoisotopic (exact) mass is 262 g/mol. The van der Waals surface area contributed by atoms with Crippen LogP contribution in [0.5, 0.6) is 0 Å². The summed E-state index contributed by atoms with van der Waals surface area (Å²) in [6.07, 6.45) is 5.37. The fourth-order valence-corrected chi connectivity index (χ4v) is 1.55. The van der Waals surface area contributed by atoms with E-state index in [1.807, 2.05) is 26.0 Å². The molecule has 1 aromatic rings. The van der Waals surface area contributed by atoms with Gasteiger partial charge in [-0.25, -0.2) is 0 Å². The van der Waals surface area contributed by atoms with Gasteiger partial charge in [-0.1, -0.05) is 5.92 Å². The number of benzene rings is 1. The maximum absolute atomic E-state index is 8.76. The molecule has 76 valence electrons. The van der Waals surface area contributed by atoms with Crippen LogP contribution in [0.1, 0.15) is 19.4 Å². The van der Waals surface area contributed by atoms with Crippen LogP contribution in [0.25, 0.3) is 0 Å². The molecule has 0 saturated heterocycles. The second-order valence-electron chi connectivity index (χ2n) is 3.70. The minimum atomic E-state index is -0.395. The van der Waals surface area contributed by atoms with Crippen LogP contribution in [0.3, 0.4) is 0 Å². The Labute approximate surface area is 98.4 Å². The van der Waals surface area contributed by atoms with Crippen molar-refractivity contribution in [3.63, 3.8) is 0 Å². The zero-order chi connectivity index (χ0) is 11.5. The van der Waals surface area contributed by atoms with Crippen LogP contribution in [0.15, 0.2) is 22.7 Å². The minimum Gasteiger partial charge on any atom is -0.369 e. The molecule has 3 heteroatoms. The molecule has 1 N–H and O–H groups in total. The van der Waals surface area contributed by atoms with Crippen molar-refractivity contribution < 1.29 is 0 Å². The summed E-state index contributed by atoms with van der Waals surface area (Å²) in [6.45, 7) is 3.83. The van der Waals surface area contributed by atoms with Crippen LogP contribution < -0.4 is 5.32 Å². The lowest BCUT2D eigenvalue weighted by molar-refractivity contribution is 0.741. The second-order valence-corrected chi connectivity index (χ2v) is 4.56. The molecule has 0 radical (unpaired) electrons. The average Bonchev–Trinajstić information content (AvgIpc) is 2.17. The summed E-state index contributed by atoms with van der Waals surface area (Å²) in [5.41, 5.74) is 1.11. The van der Waals surface area contributed by atoms with Gasteiger partial charge in [-0.2, -0.15) is 5.26 Å². The molecule has 0 spiro atoms. The molecule has 0 atom stereocenters. The van der Waals surface area contributed by atoms with Gasteiger partial charge in [0.15, 0.2) is 0 Å². The molecule has 0 heterocycles. The van der Waals surface area contributed by atoms with Gasteiger partial charge in [0.1, 0.15) is 6.07 Å². The van der Waals surface area contributed by atoms with Gasteiger partial charge in [0, 0.05) is 10.2 Å². The summed E-state index contributed by atoms with van der Waals surface area (Å²) >= 11 is 3.32. The van der Waals surface area contributed by atoms with Gasteiger partial charge in [0.05, 0.1) is 11.1 Å². The summed E-state index contributed by atoms with van der Waals surface area (Å²) in [4.78, 5) is 0. The van der Waals surface area contributed by atoms with Crippen molar-refractivity contribution in [2.45, 2.75) is 19.4 Å². The van der Waals surface area contributed by atoms with Crippen molar-refractivity contribution in [1.82, 2.24) is 0 Å². The van der Waals surface area contributed by atoms with E-state index < -0.39 is 5.54 Å². The molecule has 0 aliphatic rings. The van der Waals surface area contributed by atoms with Gasteiger partial charge in [-0.15, -0.1) is 6.42 Å². The van der Waals surface area contributed by atoms with Crippen LogP contribution in [0.4, 0.5) is 5.69 Å². The lowest BCUT2D eigenvalue weighted by Crippen LogP contribution is -2.28.